The third kappa shape index (κ3) is 30.5. The van der Waals surface area contributed by atoms with Crippen LogP contribution in [0.4, 0.5) is 13.2 Å². The molecule has 2 saturated carbocycles. The topological polar surface area (TPSA) is 443 Å². The van der Waals surface area contributed by atoms with Crippen LogP contribution in [0.3, 0.4) is 0 Å². The molecule has 126 heavy (non-hydrogen) atoms. The van der Waals surface area contributed by atoms with Crippen molar-refractivity contribution in [2.75, 3.05) is 41.4 Å². The number of hydrogen-bond acceptors (Lipinski definition) is 26. The second kappa shape index (κ2) is 48.8. The molecule has 5 heterocycles. The summed E-state index contributed by atoms with van der Waals surface area (Å²) in [5.41, 5.74) is 8.56. The lowest BCUT2D eigenvalue weighted by Gasteiger charge is -2.58. The smallest absolute Gasteiger partial charge is 0.490 e. The summed E-state index contributed by atoms with van der Waals surface area (Å²) < 4.78 is 88.2. The molecule has 5 aliphatic heterocycles. The number of hydrogen-bond donors (Lipinski definition) is 7. The molecule has 2 unspecified atom stereocenters. The first-order chi connectivity index (χ1) is 56.0. The molecule has 2 aromatic carbocycles. The van der Waals surface area contributed by atoms with Crippen LogP contribution in [0, 0.1) is 35.5 Å². The molecule has 2 spiro atoms. The van der Waals surface area contributed by atoms with Crippen LogP contribution >= 0.6 is 66.4 Å². The van der Waals surface area contributed by atoms with E-state index in [0.29, 0.717) is 36.1 Å². The van der Waals surface area contributed by atoms with Crippen molar-refractivity contribution in [3.05, 3.63) is 46.5 Å². The Morgan fingerprint density at radius 3 is 1.11 bits per heavy atom. The average molecular weight is 1890 g/mol. The third-order valence-corrected chi connectivity index (χ3v) is 22.7. The SMILES string of the molecule is CC(C)[C@H](N)C(=O)OC(C)(C)C.CC(C)[C@H](NC(=O)CCC(=O)O)C(=O)OC(C)(C)C.COc1ccc2c3c1O[C@H]1[C@@H](OC(=O)CCC(=O)N[C@H](C(=O)O)C(C)C)CCC4[C@@H](C2)N(C)CC[C@@]341.COc1ccc2c3c1O[C@H]1[C@@H](OC(=O)CCC(=O)N[C@H](C(=O)OC(C)(C)C)C(C)C)CCC4[C@@H](C2)N(C)CC[C@@]341.Cl.O=C(O)C(F)(F)F.O=C1CCC(=O)O1.S.S.S.S. The summed E-state index contributed by atoms with van der Waals surface area (Å²) in [6, 6.07) is 6.11. The van der Waals surface area contributed by atoms with Crippen molar-refractivity contribution in [3.8, 4) is 23.0 Å². The van der Waals surface area contributed by atoms with Crippen LogP contribution in [0.2, 0.25) is 0 Å². The predicted molar refractivity (Wildman–Crippen MR) is 479 cm³/mol. The minimum Gasteiger partial charge on any atom is -0.493 e. The molecule has 3 saturated heterocycles. The number of cyclic esters (lactones) is 2. The van der Waals surface area contributed by atoms with Gasteiger partial charge < -0.3 is 94.2 Å². The number of rotatable bonds is 24. The summed E-state index contributed by atoms with van der Waals surface area (Å²) >= 11 is 0. The van der Waals surface area contributed by atoms with E-state index in [0.717, 1.165) is 75.3 Å². The number of carbonyl (C=O) groups excluding carboxylic acids is 10. The minimum atomic E-state index is -5.08. The highest BCUT2D eigenvalue weighted by molar-refractivity contribution is 7.59. The standard InChI is InChI=1S/C31H44N2O7.C27H36N2O7.C13H23NO5.C9H19NO2.C4H4O3.C2HF3O2.ClH.4H2S/c1-17(2)26(29(36)40-30(3,4)5)32-23(34)12-13-24(35)38-22-11-9-19-20-16-18-8-10-21(37-7)27-25(18)31(19,28(22)39-27)14-15-33(20)6;1-14(2)23(26(32)33)28-20(30)9-10-21(31)35-19-8-6-16-17-13-15-5-7-18(34-4)24-22(15)27(16,25(19)36-24)11-12-29(17)3;1-8(2)11(12(18)19-13(3,4)5)14-9(15)6-7-10(16)17;1-6(2)7(10)8(11)12-9(3,4)5;5-3-1-2-4(6)7-3;3-2(4,5)1(6)7;;;;;/h8,10,17,19-20,22,26,28H,9,11-16H2,1-7H3,(H,32,34);5,7,14,16-17,19,23,25H,6,8-13H2,1-4H3,(H,28,30)(H,32,33);8,11H,6-7H2,1-5H3,(H,14,15)(H,16,17);6-7H,10H2,1-5H3;1-2H2;(H,6,7);1H;4*1H2/t19?,20-,22+,26+,28+,31+;16?,17-,19+,23+,25+,27+;11-;7-;;;;;;;/m1100......./s1. The van der Waals surface area contributed by atoms with E-state index in [1.165, 1.54) is 22.3 Å². The molecule has 718 valence electrons. The number of likely N-dealkylation sites (tertiary alicyclic amines) is 2. The van der Waals surface area contributed by atoms with Crippen LogP contribution in [-0.4, -0.2) is 228 Å². The molecule has 4 bridgehead atoms. The normalized spacial score (nSPS) is 23.1. The summed E-state index contributed by atoms with van der Waals surface area (Å²) in [6.07, 6.45) is 0.478. The largest absolute Gasteiger partial charge is 0.493 e. The highest BCUT2D eigenvalue weighted by atomic mass is 35.5. The number of nitrogens with one attached hydrogen (secondary N) is 3. The number of carboxylic acids is 3. The van der Waals surface area contributed by atoms with E-state index in [1.54, 1.807) is 83.5 Å². The molecule has 0 aromatic heterocycles. The maximum atomic E-state index is 13.0. The van der Waals surface area contributed by atoms with Crippen LogP contribution < -0.4 is 40.6 Å². The fraction of sp³-hybridized carbons (Fsp3) is 0.709. The van der Waals surface area contributed by atoms with Crippen LogP contribution in [0.1, 0.15) is 230 Å². The van der Waals surface area contributed by atoms with Gasteiger partial charge in [0.05, 0.1) is 46.3 Å². The number of alkyl halides is 3. The summed E-state index contributed by atoms with van der Waals surface area (Å²) in [4.78, 5) is 154. The van der Waals surface area contributed by atoms with E-state index in [-0.39, 0.29) is 176 Å². The fourth-order valence-corrected chi connectivity index (χ4v) is 17.1. The van der Waals surface area contributed by atoms with Gasteiger partial charge in [-0.3, -0.25) is 43.2 Å². The lowest BCUT2D eigenvalue weighted by Crippen LogP contribution is -2.66. The molecule has 4 aliphatic carbocycles. The molecule has 5 fully saturated rings. The van der Waals surface area contributed by atoms with Crippen molar-refractivity contribution in [1.29, 1.82) is 0 Å². The van der Waals surface area contributed by atoms with E-state index < -0.39 is 125 Å². The quantitative estimate of drug-likeness (QED) is 0.0292. The second-order valence-corrected chi connectivity index (χ2v) is 36.5. The molecule has 40 heteroatoms. The number of carboxylic acid groups (broad SMARTS) is 3. The number of halogens is 4. The van der Waals surface area contributed by atoms with Gasteiger partial charge in [0.15, 0.2) is 23.0 Å². The second-order valence-electron chi connectivity index (χ2n) is 36.5. The Balaban J connectivity index is 0.000000838. The molecule has 3 amide bonds. The Morgan fingerprint density at radius 1 is 0.508 bits per heavy atom. The zero-order chi connectivity index (χ0) is 91.3. The predicted octanol–water partition coefficient (Wildman–Crippen LogP) is 9.82. The van der Waals surface area contributed by atoms with Gasteiger partial charge >= 0.3 is 65.9 Å². The first-order valence-electron chi connectivity index (χ1n) is 41.4. The molecular weight excluding hydrogens is 1750 g/mol. The number of benzene rings is 2. The van der Waals surface area contributed by atoms with Crippen molar-refractivity contribution < 1.29 is 138 Å². The van der Waals surface area contributed by atoms with E-state index >= 15 is 0 Å². The number of carbonyl (C=O) groups is 13. The van der Waals surface area contributed by atoms with Gasteiger partial charge in [-0.25, -0.2) is 19.2 Å². The van der Waals surface area contributed by atoms with Gasteiger partial charge in [0.2, 0.25) is 17.7 Å². The Morgan fingerprint density at radius 2 is 0.833 bits per heavy atom. The van der Waals surface area contributed by atoms with Crippen molar-refractivity contribution in [2.24, 2.45) is 41.2 Å². The number of nitrogens with two attached hydrogens (primary N) is 1. The highest BCUT2D eigenvalue weighted by Crippen LogP contribution is 2.66. The number of esters is 7. The number of amides is 3. The first-order valence-corrected chi connectivity index (χ1v) is 41.4. The lowest BCUT2D eigenvalue weighted by molar-refractivity contribution is -0.192. The summed E-state index contributed by atoms with van der Waals surface area (Å²) in [6.45, 7) is 32.5. The van der Waals surface area contributed by atoms with Gasteiger partial charge in [0, 0.05) is 53.3 Å². The first kappa shape index (κ1) is 116. The molecule has 9 aliphatic rings. The summed E-state index contributed by atoms with van der Waals surface area (Å²) in [7, 11) is 7.72. The van der Waals surface area contributed by atoms with Crippen molar-refractivity contribution >= 4 is 144 Å². The minimum absolute atomic E-state index is 0. The lowest BCUT2D eigenvalue weighted by atomic mass is 9.51. The summed E-state index contributed by atoms with van der Waals surface area (Å²) in [5, 5.41) is 32.7. The zero-order valence-corrected chi connectivity index (χ0v) is 80.8. The van der Waals surface area contributed by atoms with Crippen molar-refractivity contribution in [1.82, 2.24) is 25.8 Å². The van der Waals surface area contributed by atoms with Crippen molar-refractivity contribution in [2.45, 2.75) is 315 Å². The zero-order valence-electron chi connectivity index (χ0n) is 76.0. The highest BCUT2D eigenvalue weighted by Gasteiger charge is 2.68. The van der Waals surface area contributed by atoms with Gasteiger partial charge in [0.1, 0.15) is 65.4 Å². The average Bonchev–Trinajstić information content (AvgIpc) is 1.51. The molecule has 11 rings (SSSR count). The molecule has 32 nitrogen and oxygen atoms in total. The van der Waals surface area contributed by atoms with Crippen LogP contribution in [0.25, 0.3) is 0 Å². The number of aliphatic carboxylic acids is 3. The Kier molecular flexibility index (Phi) is 45.1. The van der Waals surface area contributed by atoms with Crippen LogP contribution in [-0.2, 0) is 114 Å². The van der Waals surface area contributed by atoms with E-state index in [9.17, 15) is 75.8 Å². The van der Waals surface area contributed by atoms with Gasteiger partial charge in [0.25, 0.3) is 0 Å². The van der Waals surface area contributed by atoms with Gasteiger partial charge in [-0.05, 0) is 200 Å². The third-order valence-electron chi connectivity index (χ3n) is 22.7. The Bertz CT molecular complexity index is 4090. The van der Waals surface area contributed by atoms with Gasteiger partial charge in [-0.15, -0.1) is 12.4 Å². The maximum absolute atomic E-state index is 13.0. The summed E-state index contributed by atoms with van der Waals surface area (Å²) in [5.74, 6) is -5.74. The molecule has 2 aromatic rings. The van der Waals surface area contributed by atoms with Crippen LogP contribution in [0.15, 0.2) is 24.3 Å². The number of likely N-dealkylation sites (N-methyl/N-ethyl adjacent to an activating group) is 2. The molecule has 0 radical (unpaired) electrons. The van der Waals surface area contributed by atoms with E-state index in [1.807, 2.05) is 60.6 Å². The molecule has 14 atom stereocenters. The monoisotopic (exact) mass is 1890 g/mol. The van der Waals surface area contributed by atoms with Crippen LogP contribution in [0.5, 0.6) is 23.0 Å². The number of piperidine rings is 2. The Hall–Kier alpha value is -7.69. The van der Waals surface area contributed by atoms with E-state index in [2.05, 4.69) is 56.7 Å². The van der Waals surface area contributed by atoms with E-state index in [4.69, 9.17) is 63.4 Å². The number of methoxy groups -OCH3 is 2. The number of nitrogens with zero attached hydrogens (tertiary/aromatic N) is 2. The molecular formula is C86H136ClF3N6O26S4. The number of ether oxygens (including phenoxy) is 10. The molecule has 8 N–H and O–H groups in total. The maximum Gasteiger partial charge on any atom is 0.490 e. The Labute approximate surface area is 770 Å². The van der Waals surface area contributed by atoms with Crippen molar-refractivity contribution in [3.63, 3.8) is 0 Å². The van der Waals surface area contributed by atoms with Gasteiger partial charge in [-0.1, -0.05) is 67.5 Å². The van der Waals surface area contributed by atoms with Gasteiger partial charge in [-0.2, -0.15) is 67.2 Å². The fourth-order valence-electron chi connectivity index (χ4n) is 17.1.